The molecule has 3 aromatic carbocycles. The van der Waals surface area contributed by atoms with E-state index in [2.05, 4.69) is 20.3 Å². The fourth-order valence-corrected chi connectivity index (χ4v) is 5.25. The van der Waals surface area contributed by atoms with Crippen LogP contribution in [0.4, 0.5) is 21.3 Å². The normalized spacial score (nSPS) is 11.1. The fraction of sp³-hybridized carbons (Fsp3) is 0.0909. The second-order valence-electron chi connectivity index (χ2n) is 6.74. The number of thiazole rings is 1. The molecule has 0 fully saturated rings. The Morgan fingerprint density at radius 2 is 1.61 bits per heavy atom. The third kappa shape index (κ3) is 4.99. The van der Waals surface area contributed by atoms with Gasteiger partial charge in [0.2, 0.25) is 0 Å². The minimum absolute atomic E-state index is 0.131. The lowest BCUT2D eigenvalue weighted by atomic mass is 10.2. The molecule has 0 radical (unpaired) electrons. The van der Waals surface area contributed by atoms with Gasteiger partial charge in [-0.1, -0.05) is 41.7 Å². The fourth-order valence-electron chi connectivity index (χ4n) is 3.08. The quantitative estimate of drug-likeness (QED) is 0.348. The van der Waals surface area contributed by atoms with Crippen molar-refractivity contribution in [3.05, 3.63) is 66.7 Å². The van der Waals surface area contributed by atoms with E-state index in [1.54, 1.807) is 54.6 Å². The van der Waals surface area contributed by atoms with Gasteiger partial charge in [0.05, 0.1) is 29.5 Å². The van der Waals surface area contributed by atoms with E-state index in [0.29, 0.717) is 33.1 Å². The molecule has 0 aliphatic rings. The van der Waals surface area contributed by atoms with Crippen molar-refractivity contribution in [2.75, 3.05) is 29.6 Å². The van der Waals surface area contributed by atoms with E-state index in [9.17, 15) is 13.2 Å². The van der Waals surface area contributed by atoms with E-state index < -0.39 is 16.1 Å². The lowest BCUT2D eigenvalue weighted by molar-refractivity contribution is 0.262. The molecule has 0 atom stereocenters. The number of benzene rings is 3. The third-order valence-electron chi connectivity index (χ3n) is 4.57. The van der Waals surface area contributed by atoms with Gasteiger partial charge in [0.1, 0.15) is 17.0 Å². The van der Waals surface area contributed by atoms with Gasteiger partial charge in [-0.15, -0.1) is 0 Å². The summed E-state index contributed by atoms with van der Waals surface area (Å²) in [5.41, 5.74) is 1.44. The SMILES string of the molecule is COc1ccccc1NC(=O)Nc1cc(OC)c2nc(NS(=O)(=O)c3ccccc3)sc2c1. The van der Waals surface area contributed by atoms with Crippen molar-refractivity contribution in [3.63, 3.8) is 0 Å². The number of ether oxygens (including phenoxy) is 2. The van der Waals surface area contributed by atoms with E-state index in [4.69, 9.17) is 9.47 Å². The van der Waals surface area contributed by atoms with Crippen molar-refractivity contribution in [3.8, 4) is 11.5 Å². The maximum atomic E-state index is 12.6. The maximum Gasteiger partial charge on any atom is 0.323 e. The highest BCUT2D eigenvalue weighted by Crippen LogP contribution is 2.36. The second-order valence-corrected chi connectivity index (χ2v) is 9.46. The molecular weight excluding hydrogens is 464 g/mol. The summed E-state index contributed by atoms with van der Waals surface area (Å²) in [6, 6.07) is 17.9. The van der Waals surface area contributed by atoms with Crippen LogP contribution in [0.2, 0.25) is 0 Å². The molecule has 170 valence electrons. The molecule has 0 bridgehead atoms. The summed E-state index contributed by atoms with van der Waals surface area (Å²) in [7, 11) is -0.794. The number of fused-ring (bicyclic) bond motifs is 1. The van der Waals surface area contributed by atoms with Crippen LogP contribution in [0.5, 0.6) is 11.5 Å². The monoisotopic (exact) mass is 484 g/mol. The Balaban J connectivity index is 1.58. The lowest BCUT2D eigenvalue weighted by Crippen LogP contribution is -2.19. The smallest absolute Gasteiger partial charge is 0.323 e. The lowest BCUT2D eigenvalue weighted by Gasteiger charge is -2.11. The maximum absolute atomic E-state index is 12.6. The largest absolute Gasteiger partial charge is 0.495 e. The average Bonchev–Trinajstić information content (AvgIpc) is 3.21. The van der Waals surface area contributed by atoms with Crippen LogP contribution in [-0.2, 0) is 10.0 Å². The van der Waals surface area contributed by atoms with Gasteiger partial charge < -0.3 is 20.1 Å². The number of para-hydroxylation sites is 2. The Kier molecular flexibility index (Phi) is 6.33. The predicted molar refractivity (Wildman–Crippen MR) is 129 cm³/mol. The summed E-state index contributed by atoms with van der Waals surface area (Å²) >= 11 is 1.13. The van der Waals surface area contributed by atoms with Gasteiger partial charge in [0.25, 0.3) is 10.0 Å². The van der Waals surface area contributed by atoms with E-state index >= 15 is 0 Å². The van der Waals surface area contributed by atoms with Crippen molar-refractivity contribution in [2.45, 2.75) is 4.90 Å². The van der Waals surface area contributed by atoms with Crippen LogP contribution in [0.15, 0.2) is 71.6 Å². The highest BCUT2D eigenvalue weighted by molar-refractivity contribution is 7.93. The number of hydrogen-bond donors (Lipinski definition) is 3. The van der Waals surface area contributed by atoms with Gasteiger partial charge >= 0.3 is 6.03 Å². The molecule has 1 heterocycles. The first-order chi connectivity index (χ1) is 15.9. The second kappa shape index (κ2) is 9.35. The van der Waals surface area contributed by atoms with Crippen molar-refractivity contribution < 1.29 is 22.7 Å². The number of urea groups is 1. The van der Waals surface area contributed by atoms with Gasteiger partial charge in [-0.05, 0) is 30.3 Å². The van der Waals surface area contributed by atoms with Crippen LogP contribution in [0.1, 0.15) is 0 Å². The molecule has 0 saturated heterocycles. The van der Waals surface area contributed by atoms with Crippen LogP contribution < -0.4 is 24.8 Å². The van der Waals surface area contributed by atoms with Crippen molar-refractivity contribution >= 4 is 54.1 Å². The van der Waals surface area contributed by atoms with Crippen molar-refractivity contribution in [1.82, 2.24) is 4.98 Å². The molecule has 0 unspecified atom stereocenters. The number of nitrogens with one attached hydrogen (secondary N) is 3. The van der Waals surface area contributed by atoms with Gasteiger partial charge in [-0.2, -0.15) is 0 Å². The molecule has 3 N–H and O–H groups in total. The first-order valence-electron chi connectivity index (χ1n) is 9.67. The summed E-state index contributed by atoms with van der Waals surface area (Å²) in [4.78, 5) is 17.0. The molecule has 0 saturated carbocycles. The first kappa shape index (κ1) is 22.4. The minimum Gasteiger partial charge on any atom is -0.495 e. The number of rotatable bonds is 7. The summed E-state index contributed by atoms with van der Waals surface area (Å²) < 4.78 is 39.0. The summed E-state index contributed by atoms with van der Waals surface area (Å²) in [5, 5.41) is 5.66. The molecule has 0 spiro atoms. The topological polar surface area (TPSA) is 119 Å². The van der Waals surface area contributed by atoms with Gasteiger partial charge in [0.15, 0.2) is 5.13 Å². The number of carbonyl (C=O) groups is 1. The average molecular weight is 485 g/mol. The van der Waals surface area contributed by atoms with Crippen LogP contribution in [0, 0.1) is 0 Å². The number of anilines is 3. The molecule has 9 nitrogen and oxygen atoms in total. The predicted octanol–water partition coefficient (Wildman–Crippen LogP) is 4.76. The van der Waals surface area contributed by atoms with E-state index in [0.717, 1.165) is 11.3 Å². The van der Waals surface area contributed by atoms with Crippen LogP contribution >= 0.6 is 11.3 Å². The Hall–Kier alpha value is -3.83. The Morgan fingerprint density at radius 3 is 2.33 bits per heavy atom. The van der Waals surface area contributed by atoms with Gasteiger partial charge in [-0.3, -0.25) is 4.72 Å². The van der Waals surface area contributed by atoms with Crippen molar-refractivity contribution in [1.29, 1.82) is 0 Å². The summed E-state index contributed by atoms with van der Waals surface area (Å²) in [5.74, 6) is 0.917. The standard InChI is InChI=1S/C22H20N4O5S2/c1-30-17-11-7-6-10-16(17)24-21(27)23-14-12-18(31-2)20-19(13-14)32-22(25-20)26-33(28,29)15-8-4-3-5-9-15/h3-13H,1-2H3,(H,25,26)(H2,23,24,27). The zero-order chi connectivity index (χ0) is 23.4. The highest BCUT2D eigenvalue weighted by atomic mass is 32.2. The molecule has 4 aromatic rings. The van der Waals surface area contributed by atoms with Gasteiger partial charge in [0, 0.05) is 11.8 Å². The third-order valence-corrected chi connectivity index (χ3v) is 6.97. The molecular formula is C22H20N4O5S2. The molecule has 4 rings (SSSR count). The molecule has 2 amide bonds. The van der Waals surface area contributed by atoms with Crippen LogP contribution in [0.25, 0.3) is 10.2 Å². The Bertz CT molecular complexity index is 1410. The molecule has 33 heavy (non-hydrogen) atoms. The van der Waals surface area contributed by atoms with E-state index in [1.165, 1.54) is 26.4 Å². The number of sulfonamides is 1. The summed E-state index contributed by atoms with van der Waals surface area (Å²) in [6.07, 6.45) is 0. The highest BCUT2D eigenvalue weighted by Gasteiger charge is 2.18. The zero-order valence-electron chi connectivity index (χ0n) is 17.7. The minimum atomic E-state index is -3.79. The van der Waals surface area contributed by atoms with Crippen molar-refractivity contribution in [2.24, 2.45) is 0 Å². The van der Waals surface area contributed by atoms with E-state index in [-0.39, 0.29) is 10.0 Å². The number of aromatic nitrogens is 1. The number of nitrogens with zero attached hydrogens (tertiary/aromatic N) is 1. The zero-order valence-corrected chi connectivity index (χ0v) is 19.3. The Morgan fingerprint density at radius 1 is 0.909 bits per heavy atom. The number of carbonyl (C=O) groups excluding carboxylic acids is 1. The molecule has 0 aliphatic heterocycles. The Labute approximate surface area is 194 Å². The van der Waals surface area contributed by atoms with E-state index in [1.807, 2.05) is 0 Å². The summed E-state index contributed by atoms with van der Waals surface area (Å²) in [6.45, 7) is 0. The molecule has 1 aromatic heterocycles. The first-order valence-corrected chi connectivity index (χ1v) is 12.0. The number of hydrogen-bond acceptors (Lipinski definition) is 7. The number of amides is 2. The van der Waals surface area contributed by atoms with Gasteiger partial charge in [-0.25, -0.2) is 18.2 Å². The number of methoxy groups -OCH3 is 2. The van der Waals surface area contributed by atoms with Crippen LogP contribution in [-0.4, -0.2) is 33.7 Å². The van der Waals surface area contributed by atoms with Crippen LogP contribution in [0.3, 0.4) is 0 Å². The molecule has 0 aliphatic carbocycles. The molecule has 11 heteroatoms.